The Hall–Kier alpha value is -1.74. The zero-order chi connectivity index (χ0) is 14.2. The van der Waals surface area contributed by atoms with Gasteiger partial charge in [-0.3, -0.25) is 0 Å². The third-order valence-electron chi connectivity index (χ3n) is 4.26. The molecule has 3 heteroatoms. The Kier molecular flexibility index (Phi) is 3.30. The molecule has 0 spiro atoms. The molecule has 3 rings (SSSR count). The molecule has 0 aromatic heterocycles. The van der Waals surface area contributed by atoms with Crippen LogP contribution in [-0.2, 0) is 19.3 Å². The molecule has 20 heavy (non-hydrogen) atoms. The van der Waals surface area contributed by atoms with E-state index in [0.717, 1.165) is 18.9 Å². The Balaban J connectivity index is 1.89. The van der Waals surface area contributed by atoms with Crippen molar-refractivity contribution in [1.29, 1.82) is 0 Å². The minimum absolute atomic E-state index is 0.150. The number of fused-ring (bicyclic) bond motifs is 1. The van der Waals surface area contributed by atoms with E-state index in [1.54, 1.807) is 0 Å². The second-order valence-electron chi connectivity index (χ2n) is 5.74. The van der Waals surface area contributed by atoms with Crippen molar-refractivity contribution in [2.45, 2.75) is 19.3 Å². The third kappa shape index (κ3) is 2.34. The summed E-state index contributed by atoms with van der Waals surface area (Å²) in [7, 11) is 0. The van der Waals surface area contributed by atoms with E-state index in [-0.39, 0.29) is 5.41 Å². The van der Waals surface area contributed by atoms with E-state index in [1.165, 1.54) is 23.3 Å². The molecule has 0 heterocycles. The van der Waals surface area contributed by atoms with Crippen molar-refractivity contribution in [3.63, 3.8) is 0 Å². The monoisotopic (exact) mass is 273 g/mol. The predicted octanol–water partition coefficient (Wildman–Crippen LogP) is 3.25. The summed E-state index contributed by atoms with van der Waals surface area (Å²) < 4.78 is 26.8. The zero-order valence-corrected chi connectivity index (χ0v) is 11.2. The number of benzene rings is 2. The molecular weight excluding hydrogens is 256 g/mol. The first-order valence-electron chi connectivity index (χ1n) is 6.83. The van der Waals surface area contributed by atoms with Gasteiger partial charge in [-0.25, -0.2) is 8.78 Å². The van der Waals surface area contributed by atoms with Crippen LogP contribution in [0.5, 0.6) is 0 Å². The average molecular weight is 273 g/mol. The van der Waals surface area contributed by atoms with Gasteiger partial charge in [-0.15, -0.1) is 0 Å². The number of rotatable bonds is 3. The summed E-state index contributed by atoms with van der Waals surface area (Å²) in [5.41, 5.74) is 8.96. The van der Waals surface area contributed by atoms with Gasteiger partial charge in [0, 0.05) is 6.07 Å². The summed E-state index contributed by atoms with van der Waals surface area (Å²) in [4.78, 5) is 0. The van der Waals surface area contributed by atoms with Gasteiger partial charge in [-0.1, -0.05) is 30.3 Å². The Labute approximate surface area is 117 Å². The van der Waals surface area contributed by atoms with Crippen LogP contribution in [0.2, 0.25) is 0 Å². The minimum atomic E-state index is -0.539. The van der Waals surface area contributed by atoms with E-state index < -0.39 is 11.6 Å². The topological polar surface area (TPSA) is 26.0 Å². The fourth-order valence-corrected chi connectivity index (χ4v) is 3.18. The fourth-order valence-electron chi connectivity index (χ4n) is 3.18. The van der Waals surface area contributed by atoms with Crippen molar-refractivity contribution in [3.05, 3.63) is 70.8 Å². The van der Waals surface area contributed by atoms with E-state index in [9.17, 15) is 8.78 Å². The lowest BCUT2D eigenvalue weighted by Crippen LogP contribution is -2.34. The van der Waals surface area contributed by atoms with Crippen LogP contribution in [0.25, 0.3) is 0 Å². The standard InChI is InChI=1S/C17H17F2N/c18-15-6-5-14(16(19)7-15)10-17(11-20)8-12-3-1-2-4-13(12)9-17/h1-7H,8-11,20H2. The van der Waals surface area contributed by atoms with E-state index in [0.29, 0.717) is 18.5 Å². The molecule has 0 saturated carbocycles. The highest BCUT2D eigenvalue weighted by Crippen LogP contribution is 2.39. The molecule has 2 aromatic rings. The Morgan fingerprint density at radius 2 is 1.65 bits per heavy atom. The first kappa shape index (κ1) is 13.3. The van der Waals surface area contributed by atoms with Gasteiger partial charge >= 0.3 is 0 Å². The summed E-state index contributed by atoms with van der Waals surface area (Å²) in [6.07, 6.45) is 2.26. The Morgan fingerprint density at radius 3 is 2.20 bits per heavy atom. The van der Waals surface area contributed by atoms with Crippen LogP contribution in [0.1, 0.15) is 16.7 Å². The summed E-state index contributed by atoms with van der Waals surface area (Å²) in [5.74, 6) is -1.02. The molecule has 0 radical (unpaired) electrons. The maximum absolute atomic E-state index is 13.9. The molecule has 2 aromatic carbocycles. The van der Waals surface area contributed by atoms with Crippen LogP contribution in [0, 0.1) is 17.0 Å². The minimum Gasteiger partial charge on any atom is -0.330 e. The Morgan fingerprint density at radius 1 is 1.00 bits per heavy atom. The van der Waals surface area contributed by atoms with Gasteiger partial charge in [-0.05, 0) is 54.0 Å². The van der Waals surface area contributed by atoms with Gasteiger partial charge in [0.15, 0.2) is 0 Å². The molecular formula is C17H17F2N. The maximum atomic E-state index is 13.9. The molecule has 0 saturated heterocycles. The highest BCUT2D eigenvalue weighted by atomic mass is 19.1. The van der Waals surface area contributed by atoms with Gasteiger partial charge in [0.25, 0.3) is 0 Å². The second kappa shape index (κ2) is 4.98. The van der Waals surface area contributed by atoms with Crippen molar-refractivity contribution in [2.75, 3.05) is 6.54 Å². The summed E-state index contributed by atoms with van der Waals surface area (Å²) >= 11 is 0. The highest BCUT2D eigenvalue weighted by Gasteiger charge is 2.36. The van der Waals surface area contributed by atoms with Crippen molar-refractivity contribution in [2.24, 2.45) is 11.1 Å². The predicted molar refractivity (Wildman–Crippen MR) is 75.4 cm³/mol. The lowest BCUT2D eigenvalue weighted by molar-refractivity contribution is 0.310. The largest absolute Gasteiger partial charge is 0.330 e. The van der Waals surface area contributed by atoms with E-state index in [1.807, 2.05) is 12.1 Å². The van der Waals surface area contributed by atoms with Crippen LogP contribution < -0.4 is 5.73 Å². The number of hydrogen-bond donors (Lipinski definition) is 1. The first-order chi connectivity index (χ1) is 9.62. The highest BCUT2D eigenvalue weighted by molar-refractivity contribution is 5.36. The van der Waals surface area contributed by atoms with Crippen LogP contribution in [-0.4, -0.2) is 6.54 Å². The summed E-state index contributed by atoms with van der Waals surface area (Å²) in [6.45, 7) is 0.499. The molecule has 1 aliphatic rings. The SMILES string of the molecule is NCC1(Cc2ccc(F)cc2F)Cc2ccccc2C1. The van der Waals surface area contributed by atoms with E-state index in [2.05, 4.69) is 12.1 Å². The molecule has 104 valence electrons. The smallest absolute Gasteiger partial charge is 0.129 e. The quantitative estimate of drug-likeness (QED) is 0.912. The molecule has 0 amide bonds. The molecule has 1 aliphatic carbocycles. The molecule has 0 atom stereocenters. The number of hydrogen-bond acceptors (Lipinski definition) is 1. The van der Waals surface area contributed by atoms with Gasteiger partial charge in [0.2, 0.25) is 0 Å². The molecule has 0 aliphatic heterocycles. The van der Waals surface area contributed by atoms with Gasteiger partial charge in [0.1, 0.15) is 11.6 Å². The van der Waals surface area contributed by atoms with Crippen molar-refractivity contribution >= 4 is 0 Å². The number of nitrogens with two attached hydrogens (primary N) is 1. The lowest BCUT2D eigenvalue weighted by atomic mass is 9.79. The van der Waals surface area contributed by atoms with Crippen LogP contribution >= 0.6 is 0 Å². The van der Waals surface area contributed by atoms with Crippen molar-refractivity contribution < 1.29 is 8.78 Å². The van der Waals surface area contributed by atoms with Crippen molar-refractivity contribution in [3.8, 4) is 0 Å². The fraction of sp³-hybridized carbons (Fsp3) is 0.294. The summed E-state index contributed by atoms with van der Waals surface area (Å²) in [5, 5.41) is 0. The lowest BCUT2D eigenvalue weighted by Gasteiger charge is -2.27. The van der Waals surface area contributed by atoms with Crippen LogP contribution in [0.15, 0.2) is 42.5 Å². The molecule has 2 N–H and O–H groups in total. The second-order valence-corrected chi connectivity index (χ2v) is 5.74. The van der Waals surface area contributed by atoms with E-state index >= 15 is 0 Å². The maximum Gasteiger partial charge on any atom is 0.129 e. The van der Waals surface area contributed by atoms with Gasteiger partial charge in [0.05, 0.1) is 0 Å². The molecule has 0 unspecified atom stereocenters. The molecule has 0 bridgehead atoms. The first-order valence-corrected chi connectivity index (χ1v) is 6.83. The zero-order valence-electron chi connectivity index (χ0n) is 11.2. The van der Waals surface area contributed by atoms with Crippen LogP contribution in [0.3, 0.4) is 0 Å². The van der Waals surface area contributed by atoms with Crippen LogP contribution in [0.4, 0.5) is 8.78 Å². The number of halogens is 2. The normalized spacial score (nSPS) is 16.1. The van der Waals surface area contributed by atoms with E-state index in [4.69, 9.17) is 5.73 Å². The van der Waals surface area contributed by atoms with Gasteiger partial charge < -0.3 is 5.73 Å². The molecule has 1 nitrogen and oxygen atoms in total. The van der Waals surface area contributed by atoms with Crippen molar-refractivity contribution in [1.82, 2.24) is 0 Å². The average Bonchev–Trinajstić information content (AvgIpc) is 2.81. The molecule has 0 fully saturated rings. The third-order valence-corrected chi connectivity index (χ3v) is 4.26. The Bertz CT molecular complexity index is 612. The van der Waals surface area contributed by atoms with Gasteiger partial charge in [-0.2, -0.15) is 0 Å². The summed E-state index contributed by atoms with van der Waals surface area (Å²) in [6, 6.07) is 12.0.